The second-order valence-corrected chi connectivity index (χ2v) is 7.13. The molecule has 1 atom stereocenters. The van der Waals surface area contributed by atoms with Gasteiger partial charge in [0.2, 0.25) is 5.91 Å². The molecule has 1 amide bonds. The van der Waals surface area contributed by atoms with Crippen LogP contribution in [0, 0.1) is 11.7 Å². The zero-order chi connectivity index (χ0) is 16.3. The molecule has 0 spiro atoms. The normalized spacial score (nSPS) is 17.1. The van der Waals surface area contributed by atoms with E-state index in [1.54, 1.807) is 11.0 Å². The van der Waals surface area contributed by atoms with Crippen LogP contribution >= 0.6 is 0 Å². The summed E-state index contributed by atoms with van der Waals surface area (Å²) >= 11 is 0. The zero-order valence-corrected chi connectivity index (χ0v) is 13.1. The number of hydrogen-bond acceptors (Lipinski definition) is 3. The molecule has 1 aliphatic rings. The highest BCUT2D eigenvalue weighted by Crippen LogP contribution is 2.17. The van der Waals surface area contributed by atoms with Crippen LogP contribution < -0.4 is 9.86 Å². The molecular weight excluding hydrogens is 309 g/mol. The first kappa shape index (κ1) is 16.9. The number of carbonyl (C=O) groups excluding carboxylic acids is 1. The molecule has 0 bridgehead atoms. The van der Waals surface area contributed by atoms with Gasteiger partial charge in [0.15, 0.2) is 0 Å². The van der Waals surface area contributed by atoms with E-state index < -0.39 is 10.2 Å². The maximum atomic E-state index is 13.1. The summed E-state index contributed by atoms with van der Waals surface area (Å²) in [5.74, 6) is -0.230. The van der Waals surface area contributed by atoms with Crippen LogP contribution in [-0.4, -0.2) is 38.4 Å². The number of likely N-dealkylation sites (tertiary alicyclic amines) is 1. The molecule has 0 radical (unpaired) electrons. The lowest BCUT2D eigenvalue weighted by atomic mass is 9.96. The third-order valence-corrected chi connectivity index (χ3v) is 4.22. The Morgan fingerprint density at radius 3 is 2.77 bits per heavy atom. The maximum absolute atomic E-state index is 13.1. The number of hydrogen-bond donors (Lipinski definition) is 2. The van der Waals surface area contributed by atoms with E-state index >= 15 is 0 Å². The summed E-state index contributed by atoms with van der Waals surface area (Å²) < 4.78 is 37.1. The maximum Gasteiger partial charge on any atom is 0.274 e. The minimum absolute atomic E-state index is 0.0311. The van der Waals surface area contributed by atoms with E-state index in [9.17, 15) is 17.6 Å². The Balaban J connectivity index is 1.76. The molecule has 122 valence electrons. The largest absolute Gasteiger partial charge is 0.339 e. The molecule has 1 aliphatic heterocycles. The average molecular weight is 329 g/mol. The summed E-state index contributed by atoms with van der Waals surface area (Å²) in [6.45, 7) is 2.60. The van der Waals surface area contributed by atoms with E-state index in [4.69, 9.17) is 5.14 Å². The molecule has 0 saturated carbocycles. The number of amides is 1. The molecule has 1 heterocycles. The van der Waals surface area contributed by atoms with Gasteiger partial charge in [0.25, 0.3) is 10.2 Å². The standard InChI is InChI=1S/C14H20FN3O3S/c1-10(5-11-3-2-4-12(15)7-11)6-14(19)18-8-13(9-18)17-22(16,20)21/h2-4,7,10,13,17H,5-6,8-9H2,1H3,(H2,16,20,21). The fourth-order valence-electron chi connectivity index (χ4n) is 2.55. The Morgan fingerprint density at radius 1 is 1.50 bits per heavy atom. The number of nitrogens with zero attached hydrogens (tertiary/aromatic N) is 1. The van der Waals surface area contributed by atoms with E-state index in [2.05, 4.69) is 4.72 Å². The van der Waals surface area contributed by atoms with Gasteiger partial charge in [0, 0.05) is 19.5 Å². The Kier molecular flexibility index (Phi) is 5.15. The van der Waals surface area contributed by atoms with Crippen LogP contribution in [0.1, 0.15) is 18.9 Å². The monoisotopic (exact) mass is 329 g/mol. The van der Waals surface area contributed by atoms with Gasteiger partial charge in [-0.3, -0.25) is 4.79 Å². The zero-order valence-electron chi connectivity index (χ0n) is 12.3. The predicted octanol–water partition coefficient (Wildman–Crippen LogP) is 0.398. The van der Waals surface area contributed by atoms with E-state index in [-0.39, 0.29) is 23.7 Å². The highest BCUT2D eigenvalue weighted by molar-refractivity contribution is 7.87. The van der Waals surface area contributed by atoms with Gasteiger partial charge >= 0.3 is 0 Å². The van der Waals surface area contributed by atoms with E-state index in [0.717, 1.165) is 5.56 Å². The van der Waals surface area contributed by atoms with Crippen molar-refractivity contribution >= 4 is 16.1 Å². The van der Waals surface area contributed by atoms with Gasteiger partial charge in [-0.2, -0.15) is 13.1 Å². The van der Waals surface area contributed by atoms with Gasteiger partial charge in [0.1, 0.15) is 5.82 Å². The van der Waals surface area contributed by atoms with Gasteiger partial charge in [0.05, 0.1) is 6.04 Å². The third-order valence-electron chi connectivity index (χ3n) is 3.56. The minimum atomic E-state index is -3.72. The first-order valence-corrected chi connectivity index (χ1v) is 8.60. The van der Waals surface area contributed by atoms with Crippen LogP contribution in [-0.2, 0) is 21.4 Å². The van der Waals surface area contributed by atoms with Crippen molar-refractivity contribution in [1.82, 2.24) is 9.62 Å². The van der Waals surface area contributed by atoms with Crippen LogP contribution in [0.5, 0.6) is 0 Å². The first-order valence-electron chi connectivity index (χ1n) is 7.05. The smallest absolute Gasteiger partial charge is 0.274 e. The molecule has 1 unspecified atom stereocenters. The van der Waals surface area contributed by atoms with Crippen LogP contribution in [0.4, 0.5) is 4.39 Å². The molecule has 1 saturated heterocycles. The summed E-state index contributed by atoms with van der Waals surface area (Å²) in [7, 11) is -3.72. The van der Waals surface area contributed by atoms with Gasteiger partial charge in [-0.15, -0.1) is 0 Å². The lowest BCUT2D eigenvalue weighted by Gasteiger charge is -2.39. The average Bonchev–Trinajstić information content (AvgIpc) is 2.31. The molecule has 6 nitrogen and oxygen atoms in total. The minimum Gasteiger partial charge on any atom is -0.339 e. The fourth-order valence-corrected chi connectivity index (χ4v) is 3.17. The predicted molar refractivity (Wildman–Crippen MR) is 80.5 cm³/mol. The second kappa shape index (κ2) is 6.72. The summed E-state index contributed by atoms with van der Waals surface area (Å²) in [5.41, 5.74) is 0.859. The molecule has 1 aromatic carbocycles. The molecule has 0 aliphatic carbocycles. The Hall–Kier alpha value is -1.51. The van der Waals surface area contributed by atoms with Crippen molar-refractivity contribution in [3.8, 4) is 0 Å². The molecule has 0 aromatic heterocycles. The highest BCUT2D eigenvalue weighted by atomic mass is 32.2. The number of nitrogens with one attached hydrogen (secondary N) is 1. The number of rotatable bonds is 6. The number of halogens is 1. The van der Waals surface area contributed by atoms with E-state index in [0.29, 0.717) is 25.9 Å². The van der Waals surface area contributed by atoms with Gasteiger partial charge in [-0.05, 0) is 30.0 Å². The molecular formula is C14H20FN3O3S. The van der Waals surface area contributed by atoms with Crippen molar-refractivity contribution in [2.24, 2.45) is 11.1 Å². The topological polar surface area (TPSA) is 92.5 Å². The van der Waals surface area contributed by atoms with Gasteiger partial charge in [-0.25, -0.2) is 9.53 Å². The fraction of sp³-hybridized carbons (Fsp3) is 0.500. The second-order valence-electron chi connectivity index (χ2n) is 5.80. The molecule has 1 aromatic rings. The summed E-state index contributed by atoms with van der Waals surface area (Å²) in [6, 6.07) is 6.03. The van der Waals surface area contributed by atoms with E-state index in [1.807, 2.05) is 13.0 Å². The summed E-state index contributed by atoms with van der Waals surface area (Å²) in [4.78, 5) is 13.6. The highest BCUT2D eigenvalue weighted by Gasteiger charge is 2.32. The van der Waals surface area contributed by atoms with Crippen LogP contribution in [0.25, 0.3) is 0 Å². The van der Waals surface area contributed by atoms with Crippen LogP contribution in [0.3, 0.4) is 0 Å². The summed E-state index contributed by atoms with van der Waals surface area (Å²) in [6.07, 6.45) is 0.967. The molecule has 3 N–H and O–H groups in total. The van der Waals surface area contributed by atoms with Crippen LogP contribution in [0.2, 0.25) is 0 Å². The SMILES string of the molecule is CC(CC(=O)N1CC(NS(N)(=O)=O)C1)Cc1cccc(F)c1. The van der Waals surface area contributed by atoms with Crippen molar-refractivity contribution in [3.05, 3.63) is 35.6 Å². The summed E-state index contributed by atoms with van der Waals surface area (Å²) in [5, 5.41) is 4.87. The van der Waals surface area contributed by atoms with Gasteiger partial charge in [-0.1, -0.05) is 19.1 Å². The molecule has 22 heavy (non-hydrogen) atoms. The van der Waals surface area contributed by atoms with E-state index in [1.165, 1.54) is 12.1 Å². The molecule has 8 heteroatoms. The number of benzene rings is 1. The van der Waals surface area contributed by atoms with Crippen molar-refractivity contribution in [2.45, 2.75) is 25.8 Å². The molecule has 2 rings (SSSR count). The Morgan fingerprint density at radius 2 is 2.18 bits per heavy atom. The van der Waals surface area contributed by atoms with Crippen molar-refractivity contribution < 1.29 is 17.6 Å². The van der Waals surface area contributed by atoms with Crippen molar-refractivity contribution in [1.29, 1.82) is 0 Å². The van der Waals surface area contributed by atoms with Gasteiger partial charge < -0.3 is 4.90 Å². The number of carbonyl (C=O) groups is 1. The number of nitrogens with two attached hydrogens (primary N) is 1. The van der Waals surface area contributed by atoms with Crippen molar-refractivity contribution in [2.75, 3.05) is 13.1 Å². The quantitative estimate of drug-likeness (QED) is 0.791. The lowest BCUT2D eigenvalue weighted by molar-refractivity contribution is -0.136. The Labute approximate surface area is 129 Å². The Bertz CT molecular complexity index is 644. The first-order chi connectivity index (χ1) is 10.2. The lowest BCUT2D eigenvalue weighted by Crippen LogP contribution is -2.61. The third kappa shape index (κ3) is 5.04. The molecule has 1 fully saturated rings. The van der Waals surface area contributed by atoms with Crippen LogP contribution in [0.15, 0.2) is 24.3 Å². The van der Waals surface area contributed by atoms with Crippen molar-refractivity contribution in [3.63, 3.8) is 0 Å².